The van der Waals surface area contributed by atoms with Crippen molar-refractivity contribution in [2.45, 2.75) is 26.0 Å². The fourth-order valence-corrected chi connectivity index (χ4v) is 2.97. The molecule has 6 heteroatoms. The number of ether oxygens (including phenoxy) is 1. The van der Waals surface area contributed by atoms with Crippen molar-refractivity contribution in [3.8, 4) is 0 Å². The summed E-state index contributed by atoms with van der Waals surface area (Å²) in [5, 5.41) is 11.5. The van der Waals surface area contributed by atoms with Crippen LogP contribution in [0, 0.1) is 5.92 Å². The number of carbonyl (C=O) groups is 2. The van der Waals surface area contributed by atoms with Crippen LogP contribution in [0.2, 0.25) is 0 Å². The molecule has 1 amide bonds. The SMILES string of the molecule is CC1OCCC1C(=O)NCc1ccc(C=CC(=O)O)s1. The van der Waals surface area contributed by atoms with Crippen molar-refractivity contribution in [3.63, 3.8) is 0 Å². The summed E-state index contributed by atoms with van der Waals surface area (Å²) in [7, 11) is 0. The van der Waals surface area contributed by atoms with E-state index in [0.29, 0.717) is 13.2 Å². The van der Waals surface area contributed by atoms with Gasteiger partial charge in [-0.25, -0.2) is 4.79 Å². The Bertz CT molecular complexity index is 523. The van der Waals surface area contributed by atoms with Gasteiger partial charge >= 0.3 is 5.97 Å². The molecule has 0 saturated carbocycles. The van der Waals surface area contributed by atoms with Crippen molar-refractivity contribution < 1.29 is 19.4 Å². The Morgan fingerprint density at radius 3 is 3.00 bits per heavy atom. The summed E-state index contributed by atoms with van der Waals surface area (Å²) < 4.78 is 5.37. The van der Waals surface area contributed by atoms with Crippen LogP contribution in [0.25, 0.3) is 6.08 Å². The van der Waals surface area contributed by atoms with Crippen molar-refractivity contribution >= 4 is 29.3 Å². The van der Waals surface area contributed by atoms with Gasteiger partial charge in [0.25, 0.3) is 0 Å². The number of rotatable bonds is 5. The molecule has 0 bridgehead atoms. The quantitative estimate of drug-likeness (QED) is 0.813. The zero-order chi connectivity index (χ0) is 14.5. The van der Waals surface area contributed by atoms with Crippen LogP contribution in [-0.2, 0) is 20.9 Å². The van der Waals surface area contributed by atoms with Gasteiger partial charge in [-0.05, 0) is 31.6 Å². The van der Waals surface area contributed by atoms with Crippen molar-refractivity contribution in [3.05, 3.63) is 28.0 Å². The fraction of sp³-hybridized carbons (Fsp3) is 0.429. The zero-order valence-electron chi connectivity index (χ0n) is 11.2. The Labute approximate surface area is 121 Å². The van der Waals surface area contributed by atoms with Gasteiger partial charge < -0.3 is 15.2 Å². The summed E-state index contributed by atoms with van der Waals surface area (Å²) in [6.07, 6.45) is 3.40. The van der Waals surface area contributed by atoms with Gasteiger partial charge in [0.2, 0.25) is 5.91 Å². The first-order valence-corrected chi connectivity index (χ1v) is 7.27. The number of aliphatic carboxylic acids is 1. The van der Waals surface area contributed by atoms with E-state index in [1.807, 2.05) is 19.1 Å². The van der Waals surface area contributed by atoms with E-state index >= 15 is 0 Å². The van der Waals surface area contributed by atoms with Gasteiger partial charge in [-0.15, -0.1) is 11.3 Å². The average molecular weight is 295 g/mol. The van der Waals surface area contributed by atoms with Gasteiger partial charge in [-0.2, -0.15) is 0 Å². The van der Waals surface area contributed by atoms with Gasteiger partial charge in [-0.1, -0.05) is 0 Å². The third-order valence-corrected chi connectivity index (χ3v) is 4.27. The second kappa shape index (κ2) is 6.67. The van der Waals surface area contributed by atoms with Crippen molar-refractivity contribution in [2.75, 3.05) is 6.61 Å². The number of hydrogen-bond acceptors (Lipinski definition) is 4. The zero-order valence-corrected chi connectivity index (χ0v) is 12.0. The molecule has 1 aliphatic heterocycles. The Balaban J connectivity index is 1.85. The van der Waals surface area contributed by atoms with Gasteiger partial charge in [0, 0.05) is 22.4 Å². The lowest BCUT2D eigenvalue weighted by Crippen LogP contribution is -2.33. The minimum atomic E-state index is -0.969. The van der Waals surface area contributed by atoms with E-state index in [4.69, 9.17) is 9.84 Å². The van der Waals surface area contributed by atoms with E-state index < -0.39 is 5.97 Å². The molecule has 108 valence electrons. The first-order valence-electron chi connectivity index (χ1n) is 6.45. The first-order chi connectivity index (χ1) is 9.56. The van der Waals surface area contributed by atoms with Crippen LogP contribution in [-0.4, -0.2) is 29.7 Å². The van der Waals surface area contributed by atoms with E-state index in [1.165, 1.54) is 11.3 Å². The molecule has 2 N–H and O–H groups in total. The number of carboxylic acids is 1. The molecule has 0 aliphatic carbocycles. The predicted octanol–water partition coefficient (Wildman–Crippen LogP) is 1.89. The highest BCUT2D eigenvalue weighted by molar-refractivity contribution is 7.12. The van der Waals surface area contributed by atoms with Crippen LogP contribution >= 0.6 is 11.3 Å². The topological polar surface area (TPSA) is 75.6 Å². The van der Waals surface area contributed by atoms with Crippen LogP contribution in [0.1, 0.15) is 23.1 Å². The lowest BCUT2D eigenvalue weighted by Gasteiger charge is -2.13. The maximum absolute atomic E-state index is 12.0. The van der Waals surface area contributed by atoms with Crippen LogP contribution in [0.15, 0.2) is 18.2 Å². The second-order valence-corrected chi connectivity index (χ2v) is 5.86. The smallest absolute Gasteiger partial charge is 0.328 e. The molecule has 1 aromatic rings. The molecule has 0 radical (unpaired) electrons. The Kier molecular flexibility index (Phi) is 4.92. The van der Waals surface area contributed by atoms with Gasteiger partial charge in [-0.3, -0.25) is 4.79 Å². The van der Waals surface area contributed by atoms with E-state index in [9.17, 15) is 9.59 Å². The minimum Gasteiger partial charge on any atom is -0.478 e. The molecular weight excluding hydrogens is 278 g/mol. The normalized spacial score (nSPS) is 22.2. The van der Waals surface area contributed by atoms with Crippen molar-refractivity contribution in [1.29, 1.82) is 0 Å². The monoisotopic (exact) mass is 295 g/mol. The first kappa shape index (κ1) is 14.7. The number of hydrogen-bond donors (Lipinski definition) is 2. The molecule has 1 aliphatic rings. The number of nitrogens with one attached hydrogen (secondary N) is 1. The molecule has 5 nitrogen and oxygen atoms in total. The van der Waals surface area contributed by atoms with E-state index in [-0.39, 0.29) is 17.9 Å². The Hall–Kier alpha value is -1.66. The third-order valence-electron chi connectivity index (χ3n) is 3.22. The van der Waals surface area contributed by atoms with Crippen LogP contribution < -0.4 is 5.32 Å². The molecule has 1 aromatic heterocycles. The highest BCUT2D eigenvalue weighted by Crippen LogP contribution is 2.21. The number of thiophene rings is 1. The fourth-order valence-electron chi connectivity index (χ4n) is 2.11. The predicted molar refractivity (Wildman–Crippen MR) is 76.4 cm³/mol. The number of carboxylic acid groups (broad SMARTS) is 1. The Morgan fingerprint density at radius 2 is 2.35 bits per heavy atom. The molecule has 2 rings (SSSR count). The maximum Gasteiger partial charge on any atom is 0.328 e. The number of carbonyl (C=O) groups excluding carboxylic acids is 1. The van der Waals surface area contributed by atoms with Crippen LogP contribution in [0.4, 0.5) is 0 Å². The highest BCUT2D eigenvalue weighted by Gasteiger charge is 2.30. The maximum atomic E-state index is 12.0. The van der Waals surface area contributed by atoms with Gasteiger partial charge in [0.05, 0.1) is 18.6 Å². The largest absolute Gasteiger partial charge is 0.478 e. The molecule has 0 aromatic carbocycles. The lowest BCUT2D eigenvalue weighted by atomic mass is 10.0. The van der Waals surface area contributed by atoms with E-state index in [0.717, 1.165) is 22.3 Å². The summed E-state index contributed by atoms with van der Waals surface area (Å²) in [6, 6.07) is 3.73. The molecule has 2 heterocycles. The minimum absolute atomic E-state index is 0.0195. The lowest BCUT2D eigenvalue weighted by molar-refractivity contribution is -0.131. The highest BCUT2D eigenvalue weighted by atomic mass is 32.1. The average Bonchev–Trinajstić information content (AvgIpc) is 3.02. The van der Waals surface area contributed by atoms with Crippen LogP contribution in [0.3, 0.4) is 0 Å². The third kappa shape index (κ3) is 3.91. The van der Waals surface area contributed by atoms with E-state index in [2.05, 4.69) is 5.32 Å². The summed E-state index contributed by atoms with van der Waals surface area (Å²) >= 11 is 1.46. The molecule has 0 spiro atoms. The molecule has 1 fully saturated rings. The van der Waals surface area contributed by atoms with Crippen molar-refractivity contribution in [2.24, 2.45) is 5.92 Å². The molecule has 2 unspecified atom stereocenters. The molecule has 2 atom stereocenters. The van der Waals surface area contributed by atoms with Gasteiger partial charge in [0.1, 0.15) is 0 Å². The Morgan fingerprint density at radius 1 is 1.55 bits per heavy atom. The molecule has 1 saturated heterocycles. The van der Waals surface area contributed by atoms with Gasteiger partial charge in [0.15, 0.2) is 0 Å². The molecule has 20 heavy (non-hydrogen) atoms. The molecular formula is C14H17NO4S. The summed E-state index contributed by atoms with van der Waals surface area (Å²) in [5.74, 6) is -1.02. The van der Waals surface area contributed by atoms with E-state index in [1.54, 1.807) is 6.08 Å². The number of amides is 1. The standard InChI is InChI=1S/C14H17NO4S/c1-9-12(6-7-19-9)14(18)15-8-11-3-2-10(20-11)4-5-13(16)17/h2-5,9,12H,6-8H2,1H3,(H,15,18)(H,16,17). The van der Waals surface area contributed by atoms with Crippen molar-refractivity contribution in [1.82, 2.24) is 5.32 Å². The summed E-state index contributed by atoms with van der Waals surface area (Å²) in [6.45, 7) is 3.02. The summed E-state index contributed by atoms with van der Waals surface area (Å²) in [4.78, 5) is 24.2. The summed E-state index contributed by atoms with van der Waals surface area (Å²) in [5.41, 5.74) is 0. The van der Waals surface area contributed by atoms with Crippen LogP contribution in [0.5, 0.6) is 0 Å². The second-order valence-electron chi connectivity index (χ2n) is 4.66.